The number of carbonyl (C=O) groups is 1. The Hall–Kier alpha value is -2.20. The van der Waals surface area contributed by atoms with Crippen LogP contribution in [0.1, 0.15) is 44.2 Å². The second kappa shape index (κ2) is 12.7. The molecule has 1 saturated heterocycles. The number of benzene rings is 2. The van der Waals surface area contributed by atoms with Gasteiger partial charge in [-0.05, 0) is 61.7 Å². The molecule has 0 aliphatic carbocycles. The summed E-state index contributed by atoms with van der Waals surface area (Å²) in [6, 6.07) is 16.4. The number of thioether (sulfide) groups is 1. The van der Waals surface area contributed by atoms with E-state index < -0.39 is 0 Å². The van der Waals surface area contributed by atoms with Gasteiger partial charge in [-0.2, -0.15) is 0 Å². The van der Waals surface area contributed by atoms with Crippen LogP contribution in [0.2, 0.25) is 0 Å². The molecule has 188 valence electrons. The normalized spacial score (nSPS) is 16.0. The Bertz CT molecular complexity index is 1070. The number of aromatic amines is 1. The molecule has 1 aromatic heterocycles. The molecule has 2 aromatic carbocycles. The number of nitrogens with one attached hydrogen (secondary N) is 3. The SMILES string of the molecule is CC(C)SNC(=O)NCCSc1cccc(C(OC2CCN(C)CC2)c2nc3ccccc3[nH]2)c1. The van der Waals surface area contributed by atoms with E-state index >= 15 is 0 Å². The van der Waals surface area contributed by atoms with Crippen LogP contribution >= 0.6 is 23.7 Å². The third-order valence-electron chi connectivity index (χ3n) is 5.85. The highest BCUT2D eigenvalue weighted by Crippen LogP contribution is 2.32. The van der Waals surface area contributed by atoms with Gasteiger partial charge in [0.25, 0.3) is 0 Å². The first-order valence-corrected chi connectivity index (χ1v) is 14.1. The molecular weight excluding hydrogens is 478 g/mol. The number of amides is 2. The molecule has 9 heteroatoms. The fourth-order valence-electron chi connectivity index (χ4n) is 4.02. The van der Waals surface area contributed by atoms with Gasteiger partial charge in [-0.25, -0.2) is 9.78 Å². The molecule has 1 fully saturated rings. The highest BCUT2D eigenvalue weighted by molar-refractivity contribution is 7.99. The molecule has 3 aromatic rings. The number of para-hydroxylation sites is 2. The molecule has 2 amide bonds. The Morgan fingerprint density at radius 2 is 2.00 bits per heavy atom. The number of ether oxygens (including phenoxy) is 1. The molecule has 1 aliphatic rings. The largest absolute Gasteiger partial charge is 0.362 e. The Kier molecular flexibility index (Phi) is 9.37. The highest BCUT2D eigenvalue weighted by Gasteiger charge is 2.26. The van der Waals surface area contributed by atoms with E-state index in [-0.39, 0.29) is 18.2 Å². The van der Waals surface area contributed by atoms with Gasteiger partial charge >= 0.3 is 6.03 Å². The van der Waals surface area contributed by atoms with Crippen LogP contribution in [0.25, 0.3) is 11.0 Å². The third kappa shape index (κ3) is 7.64. The van der Waals surface area contributed by atoms with Gasteiger partial charge in [0.2, 0.25) is 0 Å². The smallest absolute Gasteiger partial charge is 0.324 e. The van der Waals surface area contributed by atoms with Gasteiger partial charge in [-0.1, -0.05) is 38.1 Å². The third-order valence-corrected chi connectivity index (χ3v) is 7.62. The Balaban J connectivity index is 1.44. The fourth-order valence-corrected chi connectivity index (χ4v) is 5.27. The number of nitrogens with zero attached hydrogens (tertiary/aromatic N) is 2. The monoisotopic (exact) mass is 513 g/mol. The number of rotatable bonds is 10. The summed E-state index contributed by atoms with van der Waals surface area (Å²) in [5.41, 5.74) is 3.06. The van der Waals surface area contributed by atoms with Gasteiger partial charge in [-0.15, -0.1) is 11.8 Å². The van der Waals surface area contributed by atoms with Gasteiger partial charge in [0.15, 0.2) is 0 Å². The first-order chi connectivity index (χ1) is 17.0. The lowest BCUT2D eigenvalue weighted by Gasteiger charge is -2.31. The van der Waals surface area contributed by atoms with Crippen molar-refractivity contribution in [1.82, 2.24) is 24.9 Å². The number of likely N-dealkylation sites (tertiary alicyclic amines) is 1. The summed E-state index contributed by atoms with van der Waals surface area (Å²) in [7, 11) is 2.16. The van der Waals surface area contributed by atoms with Crippen molar-refractivity contribution >= 4 is 40.8 Å². The maximum absolute atomic E-state index is 11.9. The van der Waals surface area contributed by atoms with Crippen molar-refractivity contribution in [3.05, 3.63) is 59.9 Å². The molecule has 2 heterocycles. The molecule has 3 N–H and O–H groups in total. The van der Waals surface area contributed by atoms with E-state index in [1.54, 1.807) is 11.8 Å². The van der Waals surface area contributed by atoms with Crippen LogP contribution in [0.4, 0.5) is 4.79 Å². The van der Waals surface area contributed by atoms with E-state index in [0.29, 0.717) is 11.8 Å². The van der Waals surface area contributed by atoms with Gasteiger partial charge in [0.1, 0.15) is 11.9 Å². The maximum atomic E-state index is 11.9. The average Bonchev–Trinajstić information content (AvgIpc) is 3.29. The quantitative estimate of drug-likeness (QED) is 0.196. The van der Waals surface area contributed by atoms with Crippen molar-refractivity contribution in [2.24, 2.45) is 0 Å². The minimum absolute atomic E-state index is 0.144. The number of piperidine rings is 1. The number of imidazole rings is 1. The standard InChI is InChI=1S/C26H35N5O2S2/c1-18(2)35-30-26(32)27-13-16-34-21-8-6-7-19(17-21)24(33-20-11-14-31(3)15-12-20)25-28-22-9-4-5-10-23(22)29-25/h4-10,17-18,20,24H,11-16H2,1-3H3,(H,28,29)(H2,27,30,32). The number of aromatic nitrogens is 2. The Morgan fingerprint density at radius 1 is 1.20 bits per heavy atom. The van der Waals surface area contributed by atoms with Gasteiger partial charge in [-0.3, -0.25) is 4.72 Å². The predicted octanol–water partition coefficient (Wildman–Crippen LogP) is 5.21. The summed E-state index contributed by atoms with van der Waals surface area (Å²) in [5.74, 6) is 1.63. The van der Waals surface area contributed by atoms with Gasteiger partial charge in [0.05, 0.1) is 17.1 Å². The van der Waals surface area contributed by atoms with Gasteiger partial charge in [0, 0.05) is 35.5 Å². The molecule has 7 nitrogen and oxygen atoms in total. The number of carbonyl (C=O) groups excluding carboxylic acids is 1. The molecule has 0 spiro atoms. The number of hydrogen-bond acceptors (Lipinski definition) is 6. The Labute approximate surface area is 216 Å². The molecule has 4 rings (SSSR count). The lowest BCUT2D eigenvalue weighted by Crippen LogP contribution is -2.35. The topological polar surface area (TPSA) is 82.3 Å². The molecule has 0 saturated carbocycles. The molecule has 1 atom stereocenters. The van der Waals surface area contributed by atoms with E-state index in [0.717, 1.165) is 59.0 Å². The van der Waals surface area contributed by atoms with Crippen LogP contribution in [0.5, 0.6) is 0 Å². The zero-order valence-corrected chi connectivity index (χ0v) is 22.3. The summed E-state index contributed by atoms with van der Waals surface area (Å²) >= 11 is 3.14. The van der Waals surface area contributed by atoms with Crippen LogP contribution in [0, 0.1) is 0 Å². The molecule has 0 bridgehead atoms. The van der Waals surface area contributed by atoms with Crippen molar-refractivity contribution in [3.63, 3.8) is 0 Å². The molecular formula is C26H35N5O2S2. The van der Waals surface area contributed by atoms with Crippen molar-refractivity contribution in [1.29, 1.82) is 0 Å². The molecule has 35 heavy (non-hydrogen) atoms. The second-order valence-electron chi connectivity index (χ2n) is 9.10. The Morgan fingerprint density at radius 3 is 2.77 bits per heavy atom. The zero-order chi connectivity index (χ0) is 24.6. The minimum Gasteiger partial charge on any atom is -0.362 e. The minimum atomic E-state index is -0.256. The number of urea groups is 1. The summed E-state index contributed by atoms with van der Waals surface area (Å²) < 4.78 is 9.51. The van der Waals surface area contributed by atoms with E-state index in [1.165, 1.54) is 11.9 Å². The van der Waals surface area contributed by atoms with E-state index in [9.17, 15) is 4.79 Å². The second-order valence-corrected chi connectivity index (χ2v) is 11.7. The van der Waals surface area contributed by atoms with E-state index in [1.807, 2.05) is 38.1 Å². The fraction of sp³-hybridized carbons (Fsp3) is 0.462. The summed E-state index contributed by atoms with van der Waals surface area (Å²) in [4.78, 5) is 23.7. The lowest BCUT2D eigenvalue weighted by atomic mass is 10.1. The van der Waals surface area contributed by atoms with E-state index in [2.05, 4.69) is 51.2 Å². The van der Waals surface area contributed by atoms with E-state index in [4.69, 9.17) is 9.72 Å². The van der Waals surface area contributed by atoms with Crippen LogP contribution in [-0.4, -0.2) is 64.7 Å². The van der Waals surface area contributed by atoms with Crippen molar-refractivity contribution in [2.75, 3.05) is 32.4 Å². The summed E-state index contributed by atoms with van der Waals surface area (Å²) in [6.07, 6.45) is 1.98. The first-order valence-electron chi connectivity index (χ1n) is 12.2. The molecule has 0 radical (unpaired) electrons. The predicted molar refractivity (Wildman–Crippen MR) is 146 cm³/mol. The maximum Gasteiger partial charge on any atom is 0.324 e. The number of H-pyrrole nitrogens is 1. The molecule has 1 unspecified atom stereocenters. The summed E-state index contributed by atoms with van der Waals surface area (Å²) in [5, 5.41) is 3.26. The first kappa shape index (κ1) is 25.9. The summed E-state index contributed by atoms with van der Waals surface area (Å²) in [6.45, 7) is 6.78. The average molecular weight is 514 g/mol. The van der Waals surface area contributed by atoms with Crippen LogP contribution in [0.3, 0.4) is 0 Å². The number of fused-ring (bicyclic) bond motifs is 1. The van der Waals surface area contributed by atoms with Crippen molar-refractivity contribution in [3.8, 4) is 0 Å². The van der Waals surface area contributed by atoms with Gasteiger partial charge < -0.3 is 19.9 Å². The zero-order valence-electron chi connectivity index (χ0n) is 20.6. The number of hydrogen-bond donors (Lipinski definition) is 3. The molecule has 1 aliphatic heterocycles. The van der Waals surface area contributed by atoms with Crippen molar-refractivity contribution < 1.29 is 9.53 Å². The van der Waals surface area contributed by atoms with Crippen LogP contribution < -0.4 is 10.0 Å². The van der Waals surface area contributed by atoms with Crippen molar-refractivity contribution in [2.45, 2.75) is 49.0 Å². The highest BCUT2D eigenvalue weighted by atomic mass is 32.2. The lowest BCUT2D eigenvalue weighted by molar-refractivity contribution is -0.0264. The van der Waals surface area contributed by atoms with Crippen LogP contribution in [0.15, 0.2) is 53.4 Å². The van der Waals surface area contributed by atoms with Crippen LogP contribution in [-0.2, 0) is 4.74 Å².